The van der Waals surface area contributed by atoms with Gasteiger partial charge >= 0.3 is 0 Å². The van der Waals surface area contributed by atoms with Crippen molar-refractivity contribution in [1.82, 2.24) is 0 Å². The average molecular weight is 388 g/mol. The van der Waals surface area contributed by atoms with Crippen molar-refractivity contribution < 1.29 is 4.39 Å². The van der Waals surface area contributed by atoms with Gasteiger partial charge in [-0.05, 0) is 37.1 Å². The van der Waals surface area contributed by atoms with Crippen molar-refractivity contribution in [1.29, 1.82) is 16.1 Å². The molecule has 0 unspecified atom stereocenters. The fourth-order valence-electron chi connectivity index (χ4n) is 2.64. The predicted molar refractivity (Wildman–Crippen MR) is 119 cm³/mol. The molecule has 2 N–H and O–H groups in total. The van der Waals surface area contributed by atoms with E-state index in [4.69, 9.17) is 10.8 Å². The minimum Gasteiger partial charge on any atom is -0.299 e. The summed E-state index contributed by atoms with van der Waals surface area (Å²) in [5.41, 5.74) is 0.949. The van der Waals surface area contributed by atoms with Gasteiger partial charge in [-0.3, -0.25) is 15.8 Å². The highest BCUT2D eigenvalue weighted by molar-refractivity contribution is 6.36. The number of nitriles is 1. The molecule has 1 aromatic carbocycles. The van der Waals surface area contributed by atoms with Crippen LogP contribution in [-0.4, -0.2) is 24.2 Å². The highest BCUT2D eigenvalue weighted by atomic mass is 19.1. The number of benzene rings is 1. The van der Waals surface area contributed by atoms with Crippen LogP contribution in [0.4, 0.5) is 4.39 Å². The van der Waals surface area contributed by atoms with Gasteiger partial charge in [-0.1, -0.05) is 56.0 Å². The molecule has 0 aliphatic rings. The van der Waals surface area contributed by atoms with Gasteiger partial charge in [0.05, 0.1) is 11.4 Å². The number of nitrogens with one attached hydrogen (secondary N) is 2. The number of hydrogen-bond acceptors (Lipinski definition) is 4. The molecule has 5 heteroatoms. The van der Waals surface area contributed by atoms with E-state index >= 15 is 0 Å². The first kappa shape index (κ1) is 23.4. The smallest absolute Gasteiger partial charge is 0.142 e. The van der Waals surface area contributed by atoms with Crippen LogP contribution in [0, 0.1) is 28.0 Å². The summed E-state index contributed by atoms with van der Waals surface area (Å²) >= 11 is 0. The van der Waals surface area contributed by atoms with Gasteiger partial charge in [-0.15, -0.1) is 0 Å². The lowest BCUT2D eigenvalue weighted by atomic mass is 9.86. The number of hydrogen-bond donors (Lipinski definition) is 2. The Morgan fingerprint density at radius 3 is 2.45 bits per heavy atom. The van der Waals surface area contributed by atoms with E-state index in [1.807, 2.05) is 19.1 Å². The maximum Gasteiger partial charge on any atom is 0.142 e. The van der Waals surface area contributed by atoms with Crippen LogP contribution in [0.2, 0.25) is 0 Å². The van der Waals surface area contributed by atoms with Crippen LogP contribution in [-0.2, 0) is 0 Å². The fraction of sp³-hybridized carbons (Fsp3) is 0.167. The van der Waals surface area contributed by atoms with E-state index < -0.39 is 5.82 Å². The average Bonchev–Trinajstić information content (AvgIpc) is 2.74. The van der Waals surface area contributed by atoms with Crippen molar-refractivity contribution in [2.45, 2.75) is 20.3 Å². The third kappa shape index (κ3) is 5.91. The second-order valence-corrected chi connectivity index (χ2v) is 5.85. The maximum atomic E-state index is 14.5. The minimum atomic E-state index is -0.555. The molecule has 0 fully saturated rings. The molecule has 0 aromatic heterocycles. The molecule has 0 atom stereocenters. The molecule has 0 spiro atoms. The Hall–Kier alpha value is -3.65. The molecule has 0 aliphatic heterocycles. The summed E-state index contributed by atoms with van der Waals surface area (Å²) in [6.45, 7) is 7.39. The number of allylic oxidation sites excluding steroid dienone is 9. The van der Waals surface area contributed by atoms with Crippen LogP contribution in [0.15, 0.2) is 89.0 Å². The topological polar surface area (TPSA) is 83.9 Å². The van der Waals surface area contributed by atoms with E-state index in [1.165, 1.54) is 12.1 Å². The molecule has 0 radical (unpaired) electrons. The first-order valence-corrected chi connectivity index (χ1v) is 9.13. The largest absolute Gasteiger partial charge is 0.299 e. The summed E-state index contributed by atoms with van der Waals surface area (Å²) in [7, 11) is 1.55. The van der Waals surface area contributed by atoms with Gasteiger partial charge in [0, 0.05) is 23.8 Å². The summed E-state index contributed by atoms with van der Waals surface area (Å²) in [5.74, 6) is -0.555. The molecular formula is C24H25FN4. The molecule has 0 amide bonds. The van der Waals surface area contributed by atoms with Crippen LogP contribution in [0.1, 0.15) is 25.8 Å². The lowest BCUT2D eigenvalue weighted by molar-refractivity contribution is 0.625. The molecule has 0 saturated heterocycles. The zero-order valence-electron chi connectivity index (χ0n) is 17.0. The van der Waals surface area contributed by atoms with E-state index in [0.717, 1.165) is 6.42 Å². The van der Waals surface area contributed by atoms with E-state index in [9.17, 15) is 9.65 Å². The fourth-order valence-corrected chi connectivity index (χ4v) is 2.64. The Labute approximate surface area is 171 Å². The molecular weight excluding hydrogens is 363 g/mol. The predicted octanol–water partition coefficient (Wildman–Crippen LogP) is 5.76. The molecule has 1 rings (SSSR count). The van der Waals surface area contributed by atoms with Crippen molar-refractivity contribution in [2.75, 3.05) is 7.05 Å². The summed E-state index contributed by atoms with van der Waals surface area (Å²) in [6.07, 6.45) is 11.0. The first-order valence-electron chi connectivity index (χ1n) is 9.13. The lowest BCUT2D eigenvalue weighted by Gasteiger charge is -2.17. The van der Waals surface area contributed by atoms with Crippen LogP contribution < -0.4 is 0 Å². The molecule has 0 aliphatic carbocycles. The van der Waals surface area contributed by atoms with E-state index in [0.29, 0.717) is 11.3 Å². The standard InChI is InChI=1S/C24H25FN4/c1-5-8-12-17(7-3)22(24(28)18-13-10-11-14-19(18)25)23(20(27)16-26)21(29-4)15-9-6-2/h5,7-15,27-28H,1,6H2,2-4H3/b12-8-,15-9-,17-7+,23-22+,27-20?,28-24?,29-21?. The summed E-state index contributed by atoms with van der Waals surface area (Å²) in [5, 5.41) is 26.5. The Morgan fingerprint density at radius 1 is 1.24 bits per heavy atom. The van der Waals surface area contributed by atoms with Crippen molar-refractivity contribution in [2.24, 2.45) is 4.99 Å². The maximum absolute atomic E-state index is 14.5. The quantitative estimate of drug-likeness (QED) is 0.409. The van der Waals surface area contributed by atoms with Gasteiger partial charge in [0.25, 0.3) is 0 Å². The molecule has 29 heavy (non-hydrogen) atoms. The van der Waals surface area contributed by atoms with Gasteiger partial charge in [-0.25, -0.2) is 4.39 Å². The van der Waals surface area contributed by atoms with Crippen molar-refractivity contribution in [3.8, 4) is 6.07 Å². The minimum absolute atomic E-state index is 0.0759. The van der Waals surface area contributed by atoms with Crippen LogP contribution in [0.25, 0.3) is 0 Å². The monoisotopic (exact) mass is 388 g/mol. The van der Waals surface area contributed by atoms with E-state index in [1.54, 1.807) is 56.5 Å². The van der Waals surface area contributed by atoms with Crippen LogP contribution in [0.5, 0.6) is 0 Å². The molecule has 148 valence electrons. The lowest BCUT2D eigenvalue weighted by Crippen LogP contribution is -2.19. The zero-order valence-corrected chi connectivity index (χ0v) is 17.0. The SMILES string of the molecule is C=C\C=C/C(=C\C)C(/C(=N)c1ccccc1F)=C(/C(=N)C#N)C(/C=C\CC)=NC. The normalized spacial score (nSPS) is 13.3. The third-order valence-electron chi connectivity index (χ3n) is 4.03. The van der Waals surface area contributed by atoms with Gasteiger partial charge in [-0.2, -0.15) is 5.26 Å². The summed E-state index contributed by atoms with van der Waals surface area (Å²) in [4.78, 5) is 4.23. The van der Waals surface area contributed by atoms with Gasteiger partial charge in [0.15, 0.2) is 0 Å². The molecule has 0 saturated carbocycles. The Balaban J connectivity index is 4.02. The summed E-state index contributed by atoms with van der Waals surface area (Å²) < 4.78 is 14.5. The molecule has 1 aromatic rings. The molecule has 0 bridgehead atoms. The molecule has 4 nitrogen and oxygen atoms in total. The Kier molecular flexibility index (Phi) is 9.63. The zero-order chi connectivity index (χ0) is 21.8. The van der Waals surface area contributed by atoms with Crippen LogP contribution >= 0.6 is 0 Å². The van der Waals surface area contributed by atoms with Gasteiger partial charge in [0.1, 0.15) is 17.6 Å². The number of rotatable bonds is 9. The van der Waals surface area contributed by atoms with Gasteiger partial charge in [0.2, 0.25) is 0 Å². The third-order valence-corrected chi connectivity index (χ3v) is 4.03. The Bertz CT molecular complexity index is 982. The van der Waals surface area contributed by atoms with Gasteiger partial charge < -0.3 is 0 Å². The van der Waals surface area contributed by atoms with Crippen LogP contribution in [0.3, 0.4) is 0 Å². The van der Waals surface area contributed by atoms with E-state index in [-0.39, 0.29) is 28.1 Å². The second kappa shape index (κ2) is 11.9. The first-order chi connectivity index (χ1) is 14.0. The number of nitrogens with zero attached hydrogens (tertiary/aromatic N) is 2. The summed E-state index contributed by atoms with van der Waals surface area (Å²) in [6, 6.07) is 7.80. The number of halogens is 1. The van der Waals surface area contributed by atoms with Crippen molar-refractivity contribution in [3.05, 3.63) is 95.4 Å². The van der Waals surface area contributed by atoms with Crippen molar-refractivity contribution in [3.63, 3.8) is 0 Å². The number of aliphatic imine (C=N–C) groups is 1. The molecule has 0 heterocycles. The highest BCUT2D eigenvalue weighted by Crippen LogP contribution is 2.25. The highest BCUT2D eigenvalue weighted by Gasteiger charge is 2.23. The van der Waals surface area contributed by atoms with Crippen molar-refractivity contribution >= 4 is 17.1 Å². The van der Waals surface area contributed by atoms with E-state index in [2.05, 4.69) is 11.6 Å². The Morgan fingerprint density at radius 2 is 1.93 bits per heavy atom. The second-order valence-electron chi connectivity index (χ2n) is 5.85.